The van der Waals surface area contributed by atoms with Crippen molar-refractivity contribution in [1.29, 1.82) is 0 Å². The second-order valence-electron chi connectivity index (χ2n) is 7.24. The molecule has 0 amide bonds. The Bertz CT molecular complexity index is 1120. The molecule has 0 atom stereocenters. The minimum absolute atomic E-state index is 0.294. The number of rotatable bonds is 6. The van der Waals surface area contributed by atoms with E-state index in [-0.39, 0.29) is 0 Å². The number of carbonyl (C=O) groups is 1. The van der Waals surface area contributed by atoms with Crippen LogP contribution in [0, 0.1) is 6.92 Å². The number of nitrogens with zero attached hydrogens (tertiary/aromatic N) is 3. The Morgan fingerprint density at radius 1 is 1.16 bits per heavy atom. The van der Waals surface area contributed by atoms with Crippen molar-refractivity contribution in [2.24, 2.45) is 10.1 Å². The molecule has 0 spiro atoms. The second-order valence-corrected chi connectivity index (χ2v) is 8.25. The predicted molar refractivity (Wildman–Crippen MR) is 128 cm³/mol. The van der Waals surface area contributed by atoms with Gasteiger partial charge in [0, 0.05) is 12.1 Å². The van der Waals surface area contributed by atoms with Crippen LogP contribution in [-0.4, -0.2) is 44.1 Å². The number of anilines is 1. The molecule has 4 rings (SSSR count). The smallest absolute Gasteiger partial charge is 0.365 e. The normalized spacial score (nSPS) is 16.4. The molecule has 0 saturated carbocycles. The van der Waals surface area contributed by atoms with Gasteiger partial charge in [-0.3, -0.25) is 4.99 Å². The average Bonchev–Trinajstić information content (AvgIpc) is 3.23. The van der Waals surface area contributed by atoms with Gasteiger partial charge in [0.1, 0.15) is 5.03 Å². The largest absolute Gasteiger partial charge is 0.493 e. The molecule has 8 heteroatoms. The second kappa shape index (κ2) is 9.48. The van der Waals surface area contributed by atoms with Gasteiger partial charge >= 0.3 is 5.97 Å². The Labute approximate surface area is 191 Å². The number of fused-ring (bicyclic) bond motifs is 1. The number of ether oxygens (including phenoxy) is 3. The monoisotopic (exact) mass is 451 g/mol. The van der Waals surface area contributed by atoms with Gasteiger partial charge in [-0.1, -0.05) is 17.7 Å². The molecule has 0 unspecified atom stereocenters. The number of hydrogen-bond donors (Lipinski definition) is 0. The van der Waals surface area contributed by atoms with Crippen LogP contribution < -0.4 is 14.5 Å². The molecule has 2 aromatic carbocycles. The molecule has 2 heterocycles. The quantitative estimate of drug-likeness (QED) is 0.609. The van der Waals surface area contributed by atoms with Crippen molar-refractivity contribution in [2.75, 3.05) is 32.4 Å². The van der Waals surface area contributed by atoms with E-state index in [1.54, 1.807) is 26.2 Å². The van der Waals surface area contributed by atoms with Crippen molar-refractivity contribution in [3.63, 3.8) is 0 Å². The molecular weight excluding hydrogens is 426 g/mol. The summed E-state index contributed by atoms with van der Waals surface area (Å²) in [4.78, 5) is 17.1. The van der Waals surface area contributed by atoms with E-state index in [0.29, 0.717) is 29.7 Å². The van der Waals surface area contributed by atoms with E-state index in [1.807, 2.05) is 49.4 Å². The van der Waals surface area contributed by atoms with Crippen LogP contribution in [0.1, 0.15) is 23.6 Å². The highest BCUT2D eigenvalue weighted by Gasteiger charge is 2.30. The molecular formula is C24H25N3O4S. The third-order valence-electron chi connectivity index (χ3n) is 5.14. The fraction of sp³-hybridized carbons (Fsp3) is 0.292. The van der Waals surface area contributed by atoms with Gasteiger partial charge in [-0.05, 0) is 67.9 Å². The Balaban J connectivity index is 1.74. The molecule has 2 aliphatic heterocycles. The molecule has 0 N–H and O–H groups in total. The summed E-state index contributed by atoms with van der Waals surface area (Å²) in [6.07, 6.45) is 2.78. The van der Waals surface area contributed by atoms with E-state index in [4.69, 9.17) is 19.2 Å². The van der Waals surface area contributed by atoms with Crippen molar-refractivity contribution in [3.05, 3.63) is 64.2 Å². The van der Waals surface area contributed by atoms with Gasteiger partial charge in [0.05, 0.1) is 32.2 Å². The van der Waals surface area contributed by atoms with Gasteiger partial charge in [0.25, 0.3) is 0 Å². The molecule has 32 heavy (non-hydrogen) atoms. The molecule has 0 aliphatic carbocycles. The van der Waals surface area contributed by atoms with Crippen LogP contribution in [0.25, 0.3) is 0 Å². The Hall–Kier alpha value is -3.26. The Kier molecular flexibility index (Phi) is 6.50. The van der Waals surface area contributed by atoms with Crippen LogP contribution >= 0.6 is 11.8 Å². The number of esters is 1. The summed E-state index contributed by atoms with van der Waals surface area (Å²) in [5, 5.41) is 7.37. The Morgan fingerprint density at radius 3 is 2.56 bits per heavy atom. The summed E-state index contributed by atoms with van der Waals surface area (Å²) in [5.41, 5.74) is 4.94. The number of aryl methyl sites for hydroxylation is 1. The summed E-state index contributed by atoms with van der Waals surface area (Å²) in [6, 6.07) is 11.9. The summed E-state index contributed by atoms with van der Waals surface area (Å²) in [6.45, 7) is 4.77. The van der Waals surface area contributed by atoms with Crippen molar-refractivity contribution in [2.45, 2.75) is 20.3 Å². The van der Waals surface area contributed by atoms with Crippen molar-refractivity contribution in [3.8, 4) is 11.5 Å². The van der Waals surface area contributed by atoms with Crippen LogP contribution in [0.2, 0.25) is 0 Å². The lowest BCUT2D eigenvalue weighted by Crippen LogP contribution is -2.15. The summed E-state index contributed by atoms with van der Waals surface area (Å²) in [5.74, 6) is 0.914. The number of benzene rings is 2. The Morgan fingerprint density at radius 2 is 1.88 bits per heavy atom. The molecule has 0 bridgehead atoms. The molecule has 0 saturated heterocycles. The molecule has 0 fully saturated rings. The number of allylic oxidation sites excluding steroid dienone is 1. The van der Waals surface area contributed by atoms with Crippen LogP contribution in [-0.2, 0) is 16.0 Å². The zero-order valence-corrected chi connectivity index (χ0v) is 19.4. The molecule has 2 aliphatic rings. The van der Waals surface area contributed by atoms with Crippen molar-refractivity contribution < 1.29 is 19.0 Å². The third-order valence-corrected chi connectivity index (χ3v) is 6.08. The summed E-state index contributed by atoms with van der Waals surface area (Å²) in [7, 11) is 3.25. The van der Waals surface area contributed by atoms with Gasteiger partial charge in [0.2, 0.25) is 5.04 Å². The van der Waals surface area contributed by atoms with Crippen LogP contribution in [0.5, 0.6) is 11.5 Å². The molecule has 0 aromatic heterocycles. The van der Waals surface area contributed by atoms with E-state index in [2.05, 4.69) is 5.10 Å². The first-order valence-corrected chi connectivity index (χ1v) is 11.2. The molecule has 0 radical (unpaired) electrons. The van der Waals surface area contributed by atoms with Gasteiger partial charge in [-0.2, -0.15) is 5.10 Å². The lowest BCUT2D eigenvalue weighted by atomic mass is 9.96. The molecule has 2 aromatic rings. The third kappa shape index (κ3) is 4.36. The number of thioether (sulfide) groups is 1. The number of carbonyl (C=O) groups excluding carboxylic acids is 1. The first kappa shape index (κ1) is 22.0. The molecule has 166 valence electrons. The highest BCUT2D eigenvalue weighted by molar-refractivity contribution is 8.19. The van der Waals surface area contributed by atoms with E-state index in [0.717, 1.165) is 39.5 Å². The maximum atomic E-state index is 12.4. The van der Waals surface area contributed by atoms with Crippen molar-refractivity contribution in [1.82, 2.24) is 0 Å². The maximum Gasteiger partial charge on any atom is 0.365 e. The van der Waals surface area contributed by atoms with Crippen molar-refractivity contribution >= 4 is 34.2 Å². The van der Waals surface area contributed by atoms with Gasteiger partial charge in [-0.15, -0.1) is 0 Å². The lowest BCUT2D eigenvalue weighted by Gasteiger charge is -2.20. The number of hydrogen-bond acceptors (Lipinski definition) is 8. The number of methoxy groups -OCH3 is 2. The van der Waals surface area contributed by atoms with Crippen LogP contribution in [0.15, 0.2) is 57.6 Å². The first-order chi connectivity index (χ1) is 15.5. The van der Waals surface area contributed by atoms with E-state index >= 15 is 0 Å². The minimum Gasteiger partial charge on any atom is -0.493 e. The first-order valence-electron chi connectivity index (χ1n) is 10.4. The fourth-order valence-corrected chi connectivity index (χ4v) is 4.39. The predicted octanol–water partition coefficient (Wildman–Crippen LogP) is 4.33. The van der Waals surface area contributed by atoms with Gasteiger partial charge < -0.3 is 14.2 Å². The highest BCUT2D eigenvalue weighted by Crippen LogP contribution is 2.37. The summed E-state index contributed by atoms with van der Waals surface area (Å²) >= 11 is 1.28. The highest BCUT2D eigenvalue weighted by atomic mass is 32.2. The fourth-order valence-electron chi connectivity index (χ4n) is 3.53. The molecule has 7 nitrogen and oxygen atoms in total. The van der Waals surface area contributed by atoms with E-state index < -0.39 is 5.97 Å². The number of aliphatic imine (C=N–C) groups is 1. The zero-order valence-electron chi connectivity index (χ0n) is 18.5. The van der Waals surface area contributed by atoms with Crippen LogP contribution in [0.4, 0.5) is 5.69 Å². The van der Waals surface area contributed by atoms with Crippen LogP contribution in [0.3, 0.4) is 0 Å². The standard InChI is InChI=1S/C24H25N3O4S/c1-5-31-24(28)23-26-27(17-8-6-15(2)7-9-17)22(32-23)14-19-18-13-21(30-4)20(29-3)12-16(18)10-11-25-19/h6-9,12-14H,5,10-11H2,1-4H3. The minimum atomic E-state index is -0.435. The SMILES string of the molecule is CCOC(=O)C1=NN(c2ccc(C)cc2)C(=CC2=NCCc3cc(OC)c(OC)cc32)S1. The van der Waals surface area contributed by atoms with Gasteiger partial charge in [-0.25, -0.2) is 9.80 Å². The average molecular weight is 452 g/mol. The summed E-state index contributed by atoms with van der Waals surface area (Å²) < 4.78 is 16.1. The van der Waals surface area contributed by atoms with E-state index in [1.165, 1.54) is 11.8 Å². The zero-order chi connectivity index (χ0) is 22.7. The van der Waals surface area contributed by atoms with Gasteiger partial charge in [0.15, 0.2) is 11.5 Å². The lowest BCUT2D eigenvalue weighted by molar-refractivity contribution is -0.134. The number of hydrazone groups is 1. The topological polar surface area (TPSA) is 72.7 Å². The van der Waals surface area contributed by atoms with E-state index in [9.17, 15) is 4.79 Å². The maximum absolute atomic E-state index is 12.4.